The van der Waals surface area contributed by atoms with Crippen molar-refractivity contribution in [3.05, 3.63) is 29.3 Å². The summed E-state index contributed by atoms with van der Waals surface area (Å²) in [6.07, 6.45) is 3.52. The van der Waals surface area contributed by atoms with Crippen LogP contribution in [0, 0.1) is 6.92 Å². The SMILES string of the molecule is Cc1cc(C(=O)N(C)CC2(N(C)C)CCC2)ccc1O. The van der Waals surface area contributed by atoms with Crippen LogP contribution in [0.2, 0.25) is 0 Å². The van der Waals surface area contributed by atoms with Gasteiger partial charge in [0, 0.05) is 24.7 Å². The number of carbonyl (C=O) groups is 1. The minimum atomic E-state index is 0.0150. The fraction of sp³-hybridized carbons (Fsp3) is 0.562. The van der Waals surface area contributed by atoms with Gasteiger partial charge in [-0.1, -0.05) is 0 Å². The van der Waals surface area contributed by atoms with Gasteiger partial charge in [0.05, 0.1) is 0 Å². The number of hydrogen-bond acceptors (Lipinski definition) is 3. The number of nitrogens with zero attached hydrogens (tertiary/aromatic N) is 2. The minimum Gasteiger partial charge on any atom is -0.508 e. The molecule has 2 rings (SSSR count). The molecule has 4 heteroatoms. The van der Waals surface area contributed by atoms with Crippen molar-refractivity contribution in [3.8, 4) is 5.75 Å². The smallest absolute Gasteiger partial charge is 0.253 e. The Balaban J connectivity index is 2.10. The summed E-state index contributed by atoms with van der Waals surface area (Å²) in [5.74, 6) is 0.245. The first-order valence-corrected chi connectivity index (χ1v) is 7.08. The fourth-order valence-corrected chi connectivity index (χ4v) is 2.85. The fourth-order valence-electron chi connectivity index (χ4n) is 2.85. The first-order chi connectivity index (χ1) is 9.35. The highest BCUT2D eigenvalue weighted by Crippen LogP contribution is 2.36. The van der Waals surface area contributed by atoms with E-state index in [1.807, 2.05) is 7.05 Å². The van der Waals surface area contributed by atoms with E-state index in [-0.39, 0.29) is 17.2 Å². The van der Waals surface area contributed by atoms with E-state index in [0.717, 1.165) is 24.9 Å². The maximum atomic E-state index is 12.5. The van der Waals surface area contributed by atoms with Crippen LogP contribution < -0.4 is 0 Å². The number of amides is 1. The van der Waals surface area contributed by atoms with Crippen molar-refractivity contribution < 1.29 is 9.90 Å². The molecule has 1 fully saturated rings. The van der Waals surface area contributed by atoms with Crippen LogP contribution in [0.1, 0.15) is 35.2 Å². The second kappa shape index (κ2) is 5.44. The third-order valence-electron chi connectivity index (χ3n) is 4.55. The predicted octanol–water partition coefficient (Wildman–Crippen LogP) is 2.26. The maximum Gasteiger partial charge on any atom is 0.253 e. The summed E-state index contributed by atoms with van der Waals surface area (Å²) < 4.78 is 0. The van der Waals surface area contributed by atoms with Crippen molar-refractivity contribution in [2.45, 2.75) is 31.7 Å². The molecule has 0 bridgehead atoms. The highest BCUT2D eigenvalue weighted by molar-refractivity contribution is 5.94. The van der Waals surface area contributed by atoms with E-state index in [2.05, 4.69) is 19.0 Å². The van der Waals surface area contributed by atoms with Crippen LogP contribution in [0.25, 0.3) is 0 Å². The van der Waals surface area contributed by atoms with Gasteiger partial charge in [-0.15, -0.1) is 0 Å². The van der Waals surface area contributed by atoms with Gasteiger partial charge in [-0.3, -0.25) is 4.79 Å². The minimum absolute atomic E-state index is 0.0150. The van der Waals surface area contributed by atoms with Gasteiger partial charge in [0.15, 0.2) is 0 Å². The van der Waals surface area contributed by atoms with Gasteiger partial charge >= 0.3 is 0 Å². The molecule has 1 aromatic rings. The normalized spacial score (nSPS) is 16.9. The quantitative estimate of drug-likeness (QED) is 0.917. The van der Waals surface area contributed by atoms with E-state index in [1.54, 1.807) is 30.0 Å². The van der Waals surface area contributed by atoms with E-state index >= 15 is 0 Å². The average Bonchev–Trinajstić information content (AvgIpc) is 2.35. The maximum absolute atomic E-state index is 12.5. The van der Waals surface area contributed by atoms with Gasteiger partial charge in [-0.2, -0.15) is 0 Å². The van der Waals surface area contributed by atoms with Crippen LogP contribution in [0.5, 0.6) is 5.75 Å². The van der Waals surface area contributed by atoms with Crippen LogP contribution >= 0.6 is 0 Å². The Bertz CT molecular complexity index is 507. The van der Waals surface area contributed by atoms with E-state index in [9.17, 15) is 9.90 Å². The standard InChI is InChI=1S/C16H24N2O2/c1-12-10-13(6-7-14(12)19)15(20)18(4)11-16(17(2)3)8-5-9-16/h6-7,10,19H,5,8-9,11H2,1-4H3. The first-order valence-electron chi connectivity index (χ1n) is 7.08. The van der Waals surface area contributed by atoms with E-state index in [0.29, 0.717) is 5.56 Å². The van der Waals surface area contributed by atoms with Crippen molar-refractivity contribution >= 4 is 5.91 Å². The van der Waals surface area contributed by atoms with Crippen LogP contribution in [-0.2, 0) is 0 Å². The van der Waals surface area contributed by atoms with Crippen molar-refractivity contribution in [1.82, 2.24) is 9.80 Å². The Kier molecular flexibility index (Phi) is 4.04. The third-order valence-corrected chi connectivity index (χ3v) is 4.55. The Morgan fingerprint density at radius 2 is 1.95 bits per heavy atom. The molecule has 0 atom stereocenters. The molecule has 0 aliphatic heterocycles. The number of hydrogen-bond donors (Lipinski definition) is 1. The molecular formula is C16H24N2O2. The Labute approximate surface area is 121 Å². The van der Waals surface area contributed by atoms with Gasteiger partial charge < -0.3 is 14.9 Å². The van der Waals surface area contributed by atoms with Crippen molar-refractivity contribution in [2.75, 3.05) is 27.7 Å². The second-order valence-electron chi connectivity index (χ2n) is 6.13. The number of benzene rings is 1. The molecule has 0 heterocycles. The van der Waals surface area contributed by atoms with Crippen molar-refractivity contribution in [3.63, 3.8) is 0 Å². The number of carbonyl (C=O) groups excluding carboxylic acids is 1. The summed E-state index contributed by atoms with van der Waals surface area (Å²) in [7, 11) is 6.03. The summed E-state index contributed by atoms with van der Waals surface area (Å²) in [5, 5.41) is 9.54. The Morgan fingerprint density at radius 1 is 1.30 bits per heavy atom. The van der Waals surface area contributed by atoms with Crippen LogP contribution in [0.4, 0.5) is 0 Å². The largest absolute Gasteiger partial charge is 0.508 e. The molecule has 0 aromatic heterocycles. The molecule has 1 amide bonds. The monoisotopic (exact) mass is 276 g/mol. The molecule has 4 nitrogen and oxygen atoms in total. The first kappa shape index (κ1) is 14.9. The zero-order valence-electron chi connectivity index (χ0n) is 12.8. The molecule has 0 saturated heterocycles. The zero-order valence-corrected chi connectivity index (χ0v) is 12.8. The molecule has 1 aliphatic carbocycles. The second-order valence-corrected chi connectivity index (χ2v) is 6.13. The zero-order chi connectivity index (χ0) is 14.9. The summed E-state index contributed by atoms with van der Waals surface area (Å²) in [6.45, 7) is 2.55. The number of likely N-dealkylation sites (N-methyl/N-ethyl adjacent to an activating group) is 2. The molecule has 1 aliphatic rings. The molecule has 1 N–H and O–H groups in total. The number of rotatable bonds is 4. The topological polar surface area (TPSA) is 43.8 Å². The van der Waals surface area contributed by atoms with Crippen LogP contribution in [0.3, 0.4) is 0 Å². The Hall–Kier alpha value is -1.55. The summed E-state index contributed by atoms with van der Waals surface area (Å²) in [5.41, 5.74) is 1.50. The van der Waals surface area contributed by atoms with E-state index in [4.69, 9.17) is 0 Å². The van der Waals surface area contributed by atoms with Crippen LogP contribution in [-0.4, -0.2) is 54.0 Å². The number of aryl methyl sites for hydroxylation is 1. The van der Waals surface area contributed by atoms with Crippen molar-refractivity contribution in [1.29, 1.82) is 0 Å². The molecule has 0 spiro atoms. The lowest BCUT2D eigenvalue weighted by Crippen LogP contribution is -2.57. The molecule has 0 unspecified atom stereocenters. The van der Waals surface area contributed by atoms with Gasteiger partial charge in [0.1, 0.15) is 5.75 Å². The molecule has 1 saturated carbocycles. The Morgan fingerprint density at radius 3 is 2.40 bits per heavy atom. The van der Waals surface area contributed by atoms with Crippen LogP contribution in [0.15, 0.2) is 18.2 Å². The molecule has 110 valence electrons. The van der Waals surface area contributed by atoms with E-state index < -0.39 is 0 Å². The highest BCUT2D eigenvalue weighted by atomic mass is 16.3. The van der Waals surface area contributed by atoms with Gasteiger partial charge in [0.25, 0.3) is 5.91 Å². The number of phenols is 1. The van der Waals surface area contributed by atoms with E-state index in [1.165, 1.54) is 6.42 Å². The van der Waals surface area contributed by atoms with Crippen molar-refractivity contribution in [2.24, 2.45) is 0 Å². The lowest BCUT2D eigenvalue weighted by Gasteiger charge is -2.49. The lowest BCUT2D eigenvalue weighted by molar-refractivity contribution is 0.0252. The molecular weight excluding hydrogens is 252 g/mol. The molecule has 0 radical (unpaired) electrons. The van der Waals surface area contributed by atoms with Gasteiger partial charge in [-0.05, 0) is 64.0 Å². The third kappa shape index (κ3) is 2.66. The highest BCUT2D eigenvalue weighted by Gasteiger charge is 2.40. The average molecular weight is 276 g/mol. The lowest BCUT2D eigenvalue weighted by atomic mass is 9.75. The molecule has 20 heavy (non-hydrogen) atoms. The van der Waals surface area contributed by atoms with Gasteiger partial charge in [-0.25, -0.2) is 0 Å². The number of aromatic hydroxyl groups is 1. The number of phenolic OH excluding ortho intramolecular Hbond substituents is 1. The predicted molar refractivity (Wildman–Crippen MR) is 80.1 cm³/mol. The summed E-state index contributed by atoms with van der Waals surface area (Å²) in [4.78, 5) is 16.5. The summed E-state index contributed by atoms with van der Waals surface area (Å²) >= 11 is 0. The molecule has 1 aromatic carbocycles. The van der Waals surface area contributed by atoms with Gasteiger partial charge in [0.2, 0.25) is 0 Å². The summed E-state index contributed by atoms with van der Waals surface area (Å²) in [6, 6.07) is 5.02.